The van der Waals surface area contributed by atoms with Crippen molar-refractivity contribution in [2.24, 2.45) is 0 Å². The molecule has 1 aliphatic heterocycles. The zero-order valence-corrected chi connectivity index (χ0v) is 15.1. The fraction of sp³-hybridized carbons (Fsp3) is 0.381. The van der Waals surface area contributed by atoms with Crippen LogP contribution in [0.5, 0.6) is 5.75 Å². The maximum absolute atomic E-state index is 12.6. The Morgan fingerprint density at radius 1 is 1.08 bits per heavy atom. The van der Waals surface area contributed by atoms with Gasteiger partial charge in [0.1, 0.15) is 5.75 Å². The highest BCUT2D eigenvalue weighted by Crippen LogP contribution is 2.36. The van der Waals surface area contributed by atoms with Gasteiger partial charge in [0.05, 0.1) is 12.2 Å². The van der Waals surface area contributed by atoms with E-state index in [0.717, 1.165) is 22.6 Å². The van der Waals surface area contributed by atoms with Crippen molar-refractivity contribution in [1.29, 1.82) is 0 Å². The van der Waals surface area contributed by atoms with Gasteiger partial charge >= 0.3 is 0 Å². The molecule has 1 aliphatic rings. The van der Waals surface area contributed by atoms with Crippen LogP contribution < -0.4 is 9.64 Å². The molecule has 3 nitrogen and oxygen atoms in total. The first-order valence-corrected chi connectivity index (χ1v) is 8.44. The number of hydrogen-bond acceptors (Lipinski definition) is 2. The minimum absolute atomic E-state index is 0.00741. The molecule has 2 aromatic rings. The minimum atomic E-state index is -0.450. The molecule has 0 spiro atoms. The Hall–Kier alpha value is -2.29. The number of ether oxygens (including phenoxy) is 1. The monoisotopic (exact) mass is 323 g/mol. The number of carbonyl (C=O) groups is 1. The van der Waals surface area contributed by atoms with Crippen LogP contribution in [0.15, 0.2) is 42.5 Å². The quantitative estimate of drug-likeness (QED) is 0.808. The summed E-state index contributed by atoms with van der Waals surface area (Å²) in [5, 5.41) is 0. The fourth-order valence-electron chi connectivity index (χ4n) is 2.97. The van der Waals surface area contributed by atoms with E-state index in [0.29, 0.717) is 6.54 Å². The van der Waals surface area contributed by atoms with Crippen LogP contribution in [-0.2, 0) is 16.8 Å². The van der Waals surface area contributed by atoms with E-state index >= 15 is 0 Å². The lowest BCUT2D eigenvalue weighted by atomic mass is 9.86. The number of amides is 1. The van der Waals surface area contributed by atoms with E-state index < -0.39 is 6.10 Å². The van der Waals surface area contributed by atoms with Crippen molar-refractivity contribution in [1.82, 2.24) is 0 Å². The molecule has 3 rings (SSSR count). The summed E-state index contributed by atoms with van der Waals surface area (Å²) < 4.78 is 5.74. The Labute approximate surface area is 144 Å². The lowest BCUT2D eigenvalue weighted by molar-refractivity contribution is -0.125. The minimum Gasteiger partial charge on any atom is -0.479 e. The van der Waals surface area contributed by atoms with Crippen LogP contribution >= 0.6 is 0 Å². The standard InChI is InChI=1S/C21H25NO2/c1-14-6-11-19-18(12-14)22(20(23)15(2)24-19)13-16-7-9-17(10-8-16)21(3,4)5/h6-12,15H,13H2,1-5H3. The Kier molecular flexibility index (Phi) is 4.12. The van der Waals surface area contributed by atoms with Gasteiger partial charge in [0.15, 0.2) is 6.10 Å². The number of rotatable bonds is 2. The van der Waals surface area contributed by atoms with Crippen molar-refractivity contribution in [3.8, 4) is 5.75 Å². The maximum Gasteiger partial charge on any atom is 0.268 e. The first-order chi connectivity index (χ1) is 11.3. The summed E-state index contributed by atoms with van der Waals surface area (Å²) in [6.45, 7) is 11.0. The highest BCUT2D eigenvalue weighted by Gasteiger charge is 2.31. The van der Waals surface area contributed by atoms with Crippen molar-refractivity contribution < 1.29 is 9.53 Å². The molecule has 0 aliphatic carbocycles. The molecule has 0 saturated heterocycles. The summed E-state index contributed by atoms with van der Waals surface area (Å²) in [6, 6.07) is 14.5. The van der Waals surface area contributed by atoms with Crippen LogP contribution in [0.3, 0.4) is 0 Å². The predicted octanol–water partition coefficient (Wildman–Crippen LogP) is 4.61. The Balaban J connectivity index is 1.91. The third-order valence-corrected chi connectivity index (χ3v) is 4.48. The molecule has 3 heteroatoms. The van der Waals surface area contributed by atoms with Crippen LogP contribution in [-0.4, -0.2) is 12.0 Å². The van der Waals surface area contributed by atoms with Crippen molar-refractivity contribution >= 4 is 11.6 Å². The lowest BCUT2D eigenvalue weighted by Gasteiger charge is -2.33. The lowest BCUT2D eigenvalue weighted by Crippen LogP contribution is -2.44. The molecule has 2 aromatic carbocycles. The fourth-order valence-corrected chi connectivity index (χ4v) is 2.97. The predicted molar refractivity (Wildman–Crippen MR) is 97.6 cm³/mol. The van der Waals surface area contributed by atoms with Gasteiger partial charge in [-0.15, -0.1) is 0 Å². The van der Waals surface area contributed by atoms with Crippen LogP contribution in [0, 0.1) is 6.92 Å². The molecule has 1 heterocycles. The average Bonchev–Trinajstić information content (AvgIpc) is 2.52. The Morgan fingerprint density at radius 3 is 2.38 bits per heavy atom. The Bertz CT molecular complexity index is 756. The molecule has 24 heavy (non-hydrogen) atoms. The number of aryl methyl sites for hydroxylation is 1. The van der Waals surface area contributed by atoms with E-state index in [-0.39, 0.29) is 11.3 Å². The van der Waals surface area contributed by atoms with Gasteiger partial charge in [0.25, 0.3) is 5.91 Å². The molecule has 0 aromatic heterocycles. The van der Waals surface area contributed by atoms with E-state index in [9.17, 15) is 4.79 Å². The highest BCUT2D eigenvalue weighted by molar-refractivity contribution is 5.99. The molecule has 1 amide bonds. The molecule has 1 unspecified atom stereocenters. The average molecular weight is 323 g/mol. The van der Waals surface area contributed by atoms with Crippen LogP contribution in [0.25, 0.3) is 0 Å². The van der Waals surface area contributed by atoms with Crippen molar-refractivity contribution in [2.75, 3.05) is 4.90 Å². The largest absolute Gasteiger partial charge is 0.479 e. The second-order valence-corrected chi connectivity index (χ2v) is 7.60. The smallest absolute Gasteiger partial charge is 0.268 e. The van der Waals surface area contributed by atoms with Crippen LogP contribution in [0.2, 0.25) is 0 Å². The second-order valence-electron chi connectivity index (χ2n) is 7.60. The van der Waals surface area contributed by atoms with Gasteiger partial charge in [-0.05, 0) is 48.1 Å². The number of fused-ring (bicyclic) bond motifs is 1. The molecule has 0 radical (unpaired) electrons. The Morgan fingerprint density at radius 2 is 1.75 bits per heavy atom. The van der Waals surface area contributed by atoms with Crippen molar-refractivity contribution in [3.05, 3.63) is 59.2 Å². The summed E-state index contributed by atoms with van der Waals surface area (Å²) in [6.07, 6.45) is -0.450. The highest BCUT2D eigenvalue weighted by atomic mass is 16.5. The van der Waals surface area contributed by atoms with Crippen molar-refractivity contribution in [2.45, 2.75) is 52.7 Å². The zero-order chi connectivity index (χ0) is 17.5. The van der Waals surface area contributed by atoms with E-state index in [1.54, 1.807) is 6.92 Å². The second kappa shape index (κ2) is 5.97. The van der Waals surface area contributed by atoms with Gasteiger partial charge in [0, 0.05) is 0 Å². The third kappa shape index (κ3) is 3.16. The molecular weight excluding hydrogens is 298 g/mol. The number of benzene rings is 2. The van der Waals surface area contributed by atoms with Crippen LogP contribution in [0.4, 0.5) is 5.69 Å². The number of hydrogen-bond donors (Lipinski definition) is 0. The SMILES string of the molecule is Cc1ccc2c(c1)N(Cc1ccc(C(C)(C)C)cc1)C(=O)C(C)O2. The zero-order valence-electron chi connectivity index (χ0n) is 15.1. The number of carbonyl (C=O) groups excluding carboxylic acids is 1. The first kappa shape index (κ1) is 16.6. The summed E-state index contributed by atoms with van der Waals surface area (Å²) in [5.41, 5.74) is 4.53. The third-order valence-electron chi connectivity index (χ3n) is 4.48. The van der Waals surface area contributed by atoms with E-state index in [2.05, 4.69) is 45.0 Å². The molecule has 0 N–H and O–H groups in total. The number of nitrogens with zero attached hydrogens (tertiary/aromatic N) is 1. The normalized spacial score (nSPS) is 17.5. The van der Waals surface area contributed by atoms with Gasteiger partial charge in [-0.3, -0.25) is 4.79 Å². The molecule has 0 fully saturated rings. The van der Waals surface area contributed by atoms with Gasteiger partial charge in [-0.1, -0.05) is 51.1 Å². The molecule has 0 saturated carbocycles. The van der Waals surface area contributed by atoms with Crippen LogP contribution in [0.1, 0.15) is 44.4 Å². The summed E-state index contributed by atoms with van der Waals surface area (Å²) in [4.78, 5) is 14.5. The van der Waals surface area contributed by atoms with E-state index in [1.807, 2.05) is 30.0 Å². The summed E-state index contributed by atoms with van der Waals surface area (Å²) >= 11 is 0. The van der Waals surface area contributed by atoms with Gasteiger partial charge in [-0.25, -0.2) is 0 Å². The summed E-state index contributed by atoms with van der Waals surface area (Å²) in [7, 11) is 0. The van der Waals surface area contributed by atoms with E-state index in [4.69, 9.17) is 4.74 Å². The molecular formula is C21H25NO2. The van der Waals surface area contributed by atoms with Gasteiger partial charge < -0.3 is 9.64 Å². The molecule has 126 valence electrons. The maximum atomic E-state index is 12.6. The van der Waals surface area contributed by atoms with Gasteiger partial charge in [-0.2, -0.15) is 0 Å². The van der Waals surface area contributed by atoms with E-state index in [1.165, 1.54) is 5.56 Å². The first-order valence-electron chi connectivity index (χ1n) is 8.44. The molecule has 1 atom stereocenters. The van der Waals surface area contributed by atoms with Gasteiger partial charge in [0.2, 0.25) is 0 Å². The topological polar surface area (TPSA) is 29.5 Å². The van der Waals surface area contributed by atoms with Crippen molar-refractivity contribution in [3.63, 3.8) is 0 Å². The summed E-state index contributed by atoms with van der Waals surface area (Å²) in [5.74, 6) is 0.784. The number of anilines is 1. The molecule has 0 bridgehead atoms.